The van der Waals surface area contributed by atoms with E-state index in [1.165, 1.54) is 5.56 Å². The van der Waals surface area contributed by atoms with Gasteiger partial charge in [0.2, 0.25) is 5.91 Å². The van der Waals surface area contributed by atoms with Crippen molar-refractivity contribution < 1.29 is 4.79 Å². The van der Waals surface area contributed by atoms with E-state index in [0.29, 0.717) is 0 Å². The quantitative estimate of drug-likeness (QED) is 0.841. The molecule has 0 heterocycles. The van der Waals surface area contributed by atoms with Crippen molar-refractivity contribution in [2.45, 2.75) is 19.8 Å². The van der Waals surface area contributed by atoms with Gasteiger partial charge < -0.3 is 10.2 Å². The molecule has 3 nitrogen and oxygen atoms in total. The standard InChI is InChI=1S/C14H20N2O/c1-11-3-7-13(8-4-11)16(10-9-15-2)14(17)12-5-6-12/h3-4,7-8,12,15H,5-6,9-10H2,1-2H3. The molecule has 1 aromatic rings. The second kappa shape index (κ2) is 5.32. The van der Waals surface area contributed by atoms with Gasteiger partial charge in [0.1, 0.15) is 0 Å². The van der Waals surface area contributed by atoms with Gasteiger partial charge in [-0.2, -0.15) is 0 Å². The third kappa shape index (κ3) is 3.07. The summed E-state index contributed by atoms with van der Waals surface area (Å²) in [7, 11) is 1.91. The molecule has 0 atom stereocenters. The molecule has 3 heteroatoms. The van der Waals surface area contributed by atoms with Crippen LogP contribution in [0.1, 0.15) is 18.4 Å². The largest absolute Gasteiger partial charge is 0.318 e. The lowest BCUT2D eigenvalue weighted by Crippen LogP contribution is -2.37. The van der Waals surface area contributed by atoms with Crippen LogP contribution in [0.25, 0.3) is 0 Å². The van der Waals surface area contributed by atoms with E-state index in [1.54, 1.807) is 0 Å². The maximum Gasteiger partial charge on any atom is 0.230 e. The van der Waals surface area contributed by atoms with E-state index in [0.717, 1.165) is 31.6 Å². The first-order valence-corrected chi connectivity index (χ1v) is 6.25. The first kappa shape index (κ1) is 12.1. The van der Waals surface area contributed by atoms with Crippen LogP contribution in [-0.2, 0) is 4.79 Å². The number of carbonyl (C=O) groups is 1. The van der Waals surface area contributed by atoms with Crippen LogP contribution >= 0.6 is 0 Å². The summed E-state index contributed by atoms with van der Waals surface area (Å²) in [6.45, 7) is 3.63. The van der Waals surface area contributed by atoms with Gasteiger partial charge in [0.05, 0.1) is 0 Å². The van der Waals surface area contributed by atoms with E-state index in [9.17, 15) is 4.79 Å². The van der Waals surface area contributed by atoms with Crippen molar-refractivity contribution in [3.05, 3.63) is 29.8 Å². The van der Waals surface area contributed by atoms with Crippen molar-refractivity contribution in [1.29, 1.82) is 0 Å². The van der Waals surface area contributed by atoms with Crippen LogP contribution in [0.4, 0.5) is 5.69 Å². The van der Waals surface area contributed by atoms with Crippen molar-refractivity contribution in [1.82, 2.24) is 5.32 Å². The highest BCUT2D eigenvalue weighted by atomic mass is 16.2. The Labute approximate surface area is 103 Å². The van der Waals surface area contributed by atoms with E-state index in [-0.39, 0.29) is 11.8 Å². The Morgan fingerprint density at radius 2 is 2.00 bits per heavy atom. The van der Waals surface area contributed by atoms with Gasteiger partial charge in [-0.25, -0.2) is 0 Å². The molecule has 2 rings (SSSR count). The summed E-state index contributed by atoms with van der Waals surface area (Å²) < 4.78 is 0. The van der Waals surface area contributed by atoms with Crippen molar-refractivity contribution in [2.75, 3.05) is 25.0 Å². The first-order chi connectivity index (χ1) is 8.22. The molecule has 0 aliphatic heterocycles. The Morgan fingerprint density at radius 3 is 2.53 bits per heavy atom. The van der Waals surface area contributed by atoms with Gasteiger partial charge in [-0.05, 0) is 38.9 Å². The number of nitrogens with one attached hydrogen (secondary N) is 1. The second-order valence-corrected chi connectivity index (χ2v) is 4.70. The fraction of sp³-hybridized carbons (Fsp3) is 0.500. The van der Waals surface area contributed by atoms with Crippen molar-refractivity contribution in [2.24, 2.45) is 5.92 Å². The van der Waals surface area contributed by atoms with E-state index in [1.807, 2.05) is 24.1 Å². The molecule has 0 aromatic heterocycles. The Kier molecular flexibility index (Phi) is 3.79. The van der Waals surface area contributed by atoms with Gasteiger partial charge in [0.15, 0.2) is 0 Å². The topological polar surface area (TPSA) is 32.3 Å². The lowest BCUT2D eigenvalue weighted by atomic mass is 10.2. The van der Waals surface area contributed by atoms with Gasteiger partial charge in [0, 0.05) is 24.7 Å². The Balaban J connectivity index is 2.13. The Morgan fingerprint density at radius 1 is 1.35 bits per heavy atom. The summed E-state index contributed by atoms with van der Waals surface area (Å²) in [4.78, 5) is 14.1. The molecule has 0 radical (unpaired) electrons. The van der Waals surface area contributed by atoms with E-state index < -0.39 is 0 Å². The molecular weight excluding hydrogens is 212 g/mol. The molecule has 1 aliphatic rings. The van der Waals surface area contributed by atoms with Crippen LogP contribution in [-0.4, -0.2) is 26.0 Å². The van der Waals surface area contributed by atoms with E-state index in [2.05, 4.69) is 24.4 Å². The number of rotatable bonds is 5. The lowest BCUT2D eigenvalue weighted by molar-refractivity contribution is -0.119. The number of carbonyl (C=O) groups excluding carboxylic acids is 1. The van der Waals surface area contributed by atoms with Crippen LogP contribution in [0.5, 0.6) is 0 Å². The molecule has 17 heavy (non-hydrogen) atoms. The number of hydrogen-bond acceptors (Lipinski definition) is 2. The summed E-state index contributed by atoms with van der Waals surface area (Å²) in [5.74, 6) is 0.553. The van der Waals surface area contributed by atoms with Gasteiger partial charge in [-0.15, -0.1) is 0 Å². The minimum Gasteiger partial charge on any atom is -0.318 e. The third-order valence-corrected chi connectivity index (χ3v) is 3.12. The fourth-order valence-electron chi connectivity index (χ4n) is 1.87. The number of likely N-dealkylation sites (N-methyl/N-ethyl adjacent to an activating group) is 1. The van der Waals surface area contributed by atoms with Gasteiger partial charge >= 0.3 is 0 Å². The molecule has 1 aromatic carbocycles. The molecule has 1 saturated carbocycles. The summed E-state index contributed by atoms with van der Waals surface area (Å²) in [5.41, 5.74) is 2.24. The molecule has 1 amide bonds. The number of benzene rings is 1. The molecule has 92 valence electrons. The summed E-state index contributed by atoms with van der Waals surface area (Å²) >= 11 is 0. The van der Waals surface area contributed by atoms with Gasteiger partial charge in [-0.1, -0.05) is 17.7 Å². The summed E-state index contributed by atoms with van der Waals surface area (Å²) in [6, 6.07) is 8.18. The van der Waals surface area contributed by atoms with Crippen molar-refractivity contribution >= 4 is 11.6 Å². The highest BCUT2D eigenvalue weighted by Gasteiger charge is 2.33. The van der Waals surface area contributed by atoms with Crippen LogP contribution in [0, 0.1) is 12.8 Å². The third-order valence-electron chi connectivity index (χ3n) is 3.12. The van der Waals surface area contributed by atoms with Crippen LogP contribution in [0.2, 0.25) is 0 Å². The molecule has 1 aliphatic carbocycles. The minimum absolute atomic E-state index is 0.271. The SMILES string of the molecule is CNCCN(C(=O)C1CC1)c1ccc(C)cc1. The van der Waals surface area contributed by atoms with Crippen molar-refractivity contribution in [3.8, 4) is 0 Å². The molecular formula is C14H20N2O. The van der Waals surface area contributed by atoms with Crippen LogP contribution in [0.15, 0.2) is 24.3 Å². The number of hydrogen-bond donors (Lipinski definition) is 1. The predicted molar refractivity (Wildman–Crippen MR) is 70.2 cm³/mol. The summed E-state index contributed by atoms with van der Waals surface area (Å²) in [6.07, 6.45) is 2.11. The Bertz CT molecular complexity index is 382. The number of amides is 1. The Hall–Kier alpha value is -1.35. The zero-order valence-electron chi connectivity index (χ0n) is 10.6. The predicted octanol–water partition coefficient (Wildman–Crippen LogP) is 1.96. The monoisotopic (exact) mass is 232 g/mol. The van der Waals surface area contributed by atoms with Gasteiger partial charge in [-0.3, -0.25) is 4.79 Å². The summed E-state index contributed by atoms with van der Waals surface area (Å²) in [5, 5.41) is 3.10. The minimum atomic E-state index is 0.271. The second-order valence-electron chi connectivity index (χ2n) is 4.70. The molecule has 1 N–H and O–H groups in total. The lowest BCUT2D eigenvalue weighted by Gasteiger charge is -2.23. The maximum absolute atomic E-state index is 12.2. The first-order valence-electron chi connectivity index (χ1n) is 6.25. The average Bonchev–Trinajstić information content (AvgIpc) is 3.15. The number of aryl methyl sites for hydroxylation is 1. The fourth-order valence-corrected chi connectivity index (χ4v) is 1.87. The average molecular weight is 232 g/mol. The molecule has 0 bridgehead atoms. The van der Waals surface area contributed by atoms with E-state index >= 15 is 0 Å². The normalized spacial score (nSPS) is 14.7. The van der Waals surface area contributed by atoms with Crippen LogP contribution in [0.3, 0.4) is 0 Å². The van der Waals surface area contributed by atoms with Gasteiger partial charge in [0.25, 0.3) is 0 Å². The smallest absolute Gasteiger partial charge is 0.230 e. The number of nitrogens with zero attached hydrogens (tertiary/aromatic N) is 1. The molecule has 0 spiro atoms. The van der Waals surface area contributed by atoms with E-state index in [4.69, 9.17) is 0 Å². The molecule has 0 saturated heterocycles. The molecule has 1 fully saturated rings. The zero-order valence-corrected chi connectivity index (χ0v) is 10.6. The maximum atomic E-state index is 12.2. The highest BCUT2D eigenvalue weighted by molar-refractivity contribution is 5.96. The molecule has 0 unspecified atom stereocenters. The zero-order chi connectivity index (χ0) is 12.3. The number of anilines is 1. The van der Waals surface area contributed by atoms with Crippen LogP contribution < -0.4 is 10.2 Å². The van der Waals surface area contributed by atoms with Crippen molar-refractivity contribution in [3.63, 3.8) is 0 Å². The highest BCUT2D eigenvalue weighted by Crippen LogP contribution is 2.32.